The highest BCUT2D eigenvalue weighted by Crippen LogP contribution is 2.17. The summed E-state index contributed by atoms with van der Waals surface area (Å²) in [6.45, 7) is 2.92. The Labute approximate surface area is 101 Å². The van der Waals surface area contributed by atoms with E-state index in [2.05, 4.69) is 11.9 Å². The number of nitrogens with zero attached hydrogens (tertiary/aromatic N) is 1. The summed E-state index contributed by atoms with van der Waals surface area (Å²) in [7, 11) is 0. The van der Waals surface area contributed by atoms with Crippen LogP contribution in [0.2, 0.25) is 0 Å². The Bertz CT molecular complexity index is 299. The van der Waals surface area contributed by atoms with Crippen LogP contribution < -0.4 is 4.74 Å². The van der Waals surface area contributed by atoms with Crippen molar-refractivity contribution in [3.05, 3.63) is 11.1 Å². The molecule has 0 saturated carbocycles. The Balaban J connectivity index is 2.00. The SMILES string of the molecule is CCCCCCCCOc1nc(C=O)cs1. The van der Waals surface area contributed by atoms with Crippen LogP contribution in [-0.4, -0.2) is 17.9 Å². The number of unbranched alkanes of at least 4 members (excludes halogenated alkanes) is 5. The van der Waals surface area contributed by atoms with Crippen molar-refractivity contribution in [3.63, 3.8) is 0 Å². The van der Waals surface area contributed by atoms with Gasteiger partial charge in [-0.3, -0.25) is 4.79 Å². The zero-order valence-corrected chi connectivity index (χ0v) is 10.6. The summed E-state index contributed by atoms with van der Waals surface area (Å²) in [6.07, 6.45) is 8.25. The second-order valence-corrected chi connectivity index (χ2v) is 4.59. The van der Waals surface area contributed by atoms with Gasteiger partial charge >= 0.3 is 0 Å². The lowest BCUT2D eigenvalue weighted by Crippen LogP contribution is -1.97. The van der Waals surface area contributed by atoms with Crippen LogP contribution in [0.5, 0.6) is 5.19 Å². The van der Waals surface area contributed by atoms with Gasteiger partial charge in [0.25, 0.3) is 5.19 Å². The first-order valence-electron chi connectivity index (χ1n) is 5.90. The zero-order chi connectivity index (χ0) is 11.6. The van der Waals surface area contributed by atoms with Gasteiger partial charge in [-0.2, -0.15) is 4.98 Å². The third-order valence-electron chi connectivity index (χ3n) is 2.35. The van der Waals surface area contributed by atoms with Crippen LogP contribution in [0.15, 0.2) is 5.38 Å². The molecule has 0 radical (unpaired) electrons. The molecule has 0 aliphatic heterocycles. The highest BCUT2D eigenvalue weighted by Gasteiger charge is 2.00. The Morgan fingerprint density at radius 3 is 2.75 bits per heavy atom. The summed E-state index contributed by atoms with van der Waals surface area (Å²) >= 11 is 1.38. The fourth-order valence-electron chi connectivity index (χ4n) is 1.43. The second-order valence-electron chi connectivity index (χ2n) is 3.77. The number of thiazole rings is 1. The Morgan fingerprint density at radius 2 is 2.06 bits per heavy atom. The van der Waals surface area contributed by atoms with Crippen molar-refractivity contribution in [2.24, 2.45) is 0 Å². The number of carbonyl (C=O) groups excluding carboxylic acids is 1. The van der Waals surface area contributed by atoms with E-state index in [9.17, 15) is 4.79 Å². The van der Waals surface area contributed by atoms with Crippen LogP contribution in [0.4, 0.5) is 0 Å². The molecule has 16 heavy (non-hydrogen) atoms. The van der Waals surface area contributed by atoms with E-state index in [4.69, 9.17) is 4.74 Å². The summed E-state index contributed by atoms with van der Waals surface area (Å²) in [6, 6.07) is 0. The molecule has 0 bridgehead atoms. The molecule has 0 aromatic carbocycles. The van der Waals surface area contributed by atoms with E-state index in [-0.39, 0.29) is 0 Å². The summed E-state index contributed by atoms with van der Waals surface area (Å²) in [4.78, 5) is 14.4. The Hall–Kier alpha value is -0.900. The molecule has 1 aromatic heterocycles. The molecule has 0 aliphatic carbocycles. The first kappa shape index (κ1) is 13.2. The highest BCUT2D eigenvalue weighted by atomic mass is 32.1. The smallest absolute Gasteiger partial charge is 0.273 e. The number of aldehydes is 1. The normalized spacial score (nSPS) is 10.3. The lowest BCUT2D eigenvalue weighted by Gasteiger charge is -2.01. The van der Waals surface area contributed by atoms with Crippen LogP contribution in [-0.2, 0) is 0 Å². The van der Waals surface area contributed by atoms with Gasteiger partial charge in [0, 0.05) is 5.38 Å². The van der Waals surface area contributed by atoms with Crippen LogP contribution in [0, 0.1) is 0 Å². The van der Waals surface area contributed by atoms with E-state index in [0.29, 0.717) is 17.5 Å². The maximum Gasteiger partial charge on any atom is 0.273 e. The molecule has 0 aliphatic rings. The minimum atomic E-state index is 0.461. The van der Waals surface area contributed by atoms with E-state index in [1.165, 1.54) is 43.4 Å². The van der Waals surface area contributed by atoms with Crippen LogP contribution in [0.25, 0.3) is 0 Å². The Morgan fingerprint density at radius 1 is 1.31 bits per heavy atom. The quantitative estimate of drug-likeness (QED) is 0.489. The average molecular weight is 241 g/mol. The predicted molar refractivity (Wildman–Crippen MR) is 66.4 cm³/mol. The maximum absolute atomic E-state index is 10.4. The van der Waals surface area contributed by atoms with Crippen molar-refractivity contribution in [3.8, 4) is 5.19 Å². The number of carbonyl (C=O) groups is 1. The molecule has 4 heteroatoms. The van der Waals surface area contributed by atoms with Crippen molar-refractivity contribution in [2.75, 3.05) is 6.61 Å². The van der Waals surface area contributed by atoms with E-state index in [1.54, 1.807) is 5.38 Å². The van der Waals surface area contributed by atoms with E-state index < -0.39 is 0 Å². The average Bonchev–Trinajstić information content (AvgIpc) is 2.76. The fraction of sp³-hybridized carbons (Fsp3) is 0.667. The number of rotatable bonds is 9. The molecule has 0 saturated heterocycles. The van der Waals surface area contributed by atoms with Crippen LogP contribution >= 0.6 is 11.3 Å². The van der Waals surface area contributed by atoms with Crippen molar-refractivity contribution in [1.82, 2.24) is 4.98 Å². The number of aromatic nitrogens is 1. The van der Waals surface area contributed by atoms with Gasteiger partial charge in [-0.1, -0.05) is 50.4 Å². The molecule has 0 atom stereocenters. The van der Waals surface area contributed by atoms with E-state index >= 15 is 0 Å². The lowest BCUT2D eigenvalue weighted by atomic mass is 10.1. The van der Waals surface area contributed by atoms with Gasteiger partial charge < -0.3 is 4.74 Å². The molecular weight excluding hydrogens is 222 g/mol. The van der Waals surface area contributed by atoms with E-state index in [0.717, 1.165) is 12.7 Å². The molecule has 0 unspecified atom stereocenters. The van der Waals surface area contributed by atoms with Gasteiger partial charge in [-0.25, -0.2) is 0 Å². The van der Waals surface area contributed by atoms with Crippen molar-refractivity contribution in [1.29, 1.82) is 0 Å². The van der Waals surface area contributed by atoms with Crippen molar-refractivity contribution >= 4 is 17.6 Å². The third kappa shape index (κ3) is 5.26. The zero-order valence-electron chi connectivity index (χ0n) is 9.78. The van der Waals surface area contributed by atoms with Gasteiger partial charge in [0.1, 0.15) is 5.69 Å². The first-order chi connectivity index (χ1) is 7.86. The van der Waals surface area contributed by atoms with Crippen molar-refractivity contribution in [2.45, 2.75) is 45.4 Å². The fourth-order valence-corrected chi connectivity index (χ4v) is 2.07. The molecule has 3 nitrogen and oxygen atoms in total. The second kappa shape index (κ2) is 8.28. The largest absolute Gasteiger partial charge is 0.470 e. The first-order valence-corrected chi connectivity index (χ1v) is 6.78. The summed E-state index contributed by atoms with van der Waals surface area (Å²) in [5.74, 6) is 0. The lowest BCUT2D eigenvalue weighted by molar-refractivity contribution is 0.111. The van der Waals surface area contributed by atoms with Gasteiger partial charge in [0.2, 0.25) is 0 Å². The molecule has 90 valence electrons. The third-order valence-corrected chi connectivity index (χ3v) is 3.12. The number of hydrogen-bond acceptors (Lipinski definition) is 4. The minimum absolute atomic E-state index is 0.461. The standard InChI is InChI=1S/C12H19NO2S/c1-2-3-4-5-6-7-8-15-12-13-11(9-14)10-16-12/h9-10H,2-8H2,1H3. The molecule has 1 heterocycles. The molecule has 1 rings (SSSR count). The summed E-state index contributed by atoms with van der Waals surface area (Å²) in [5, 5.41) is 2.32. The van der Waals surface area contributed by atoms with Crippen molar-refractivity contribution < 1.29 is 9.53 Å². The molecule has 0 fully saturated rings. The topological polar surface area (TPSA) is 39.2 Å². The summed E-state index contributed by atoms with van der Waals surface area (Å²) < 4.78 is 5.44. The monoisotopic (exact) mass is 241 g/mol. The Kier molecular flexibility index (Phi) is 6.81. The van der Waals surface area contributed by atoms with Gasteiger partial charge in [0.05, 0.1) is 6.61 Å². The van der Waals surface area contributed by atoms with E-state index in [1.807, 2.05) is 0 Å². The number of hydrogen-bond donors (Lipinski definition) is 0. The molecule has 0 amide bonds. The molecule has 1 aromatic rings. The van der Waals surface area contributed by atoms with Crippen LogP contribution in [0.3, 0.4) is 0 Å². The highest BCUT2D eigenvalue weighted by molar-refractivity contribution is 7.11. The minimum Gasteiger partial charge on any atom is -0.470 e. The molecule has 0 spiro atoms. The van der Waals surface area contributed by atoms with Crippen LogP contribution in [0.1, 0.15) is 55.9 Å². The maximum atomic E-state index is 10.4. The summed E-state index contributed by atoms with van der Waals surface area (Å²) in [5.41, 5.74) is 0.461. The van der Waals surface area contributed by atoms with Gasteiger partial charge in [-0.05, 0) is 6.42 Å². The molecular formula is C12H19NO2S. The van der Waals surface area contributed by atoms with Gasteiger partial charge in [-0.15, -0.1) is 0 Å². The number of ether oxygens (including phenoxy) is 1. The molecule has 0 N–H and O–H groups in total. The van der Waals surface area contributed by atoms with Gasteiger partial charge in [0.15, 0.2) is 6.29 Å². The predicted octanol–water partition coefficient (Wildman–Crippen LogP) is 3.69.